The van der Waals surface area contributed by atoms with Crippen LogP contribution in [0.5, 0.6) is 0 Å². The molecule has 0 saturated carbocycles. The molecule has 2 atom stereocenters. The SMILES string of the molecule is CCCCCCCCCCCCCCCCCCCCCCC(O)C(CO)NC(=O)CCCCCCCCC/C=C\C/C=C\CCCCCCCCCCCOC(=O)CCCCCCCCCCCCCCC. The predicted molar refractivity (Wildman–Crippen MR) is 320 cm³/mol. The monoisotopic (exact) mass is 1030 g/mol. The van der Waals surface area contributed by atoms with E-state index in [0.29, 0.717) is 25.9 Å². The van der Waals surface area contributed by atoms with Crippen LogP contribution in [0, 0.1) is 0 Å². The van der Waals surface area contributed by atoms with E-state index in [1.165, 1.54) is 289 Å². The van der Waals surface area contributed by atoms with Gasteiger partial charge >= 0.3 is 5.97 Å². The number of nitrogens with one attached hydrogen (secondary N) is 1. The van der Waals surface area contributed by atoms with Crippen LogP contribution in [0.25, 0.3) is 0 Å². The molecule has 6 nitrogen and oxygen atoms in total. The number of allylic oxidation sites excluding steroid dienone is 4. The molecule has 0 saturated heterocycles. The van der Waals surface area contributed by atoms with Crippen molar-refractivity contribution in [2.24, 2.45) is 0 Å². The van der Waals surface area contributed by atoms with Gasteiger partial charge in [0.25, 0.3) is 0 Å². The molecule has 0 heterocycles. The highest BCUT2D eigenvalue weighted by Crippen LogP contribution is 2.18. The van der Waals surface area contributed by atoms with Gasteiger partial charge in [0, 0.05) is 12.8 Å². The lowest BCUT2D eigenvalue weighted by molar-refractivity contribution is -0.143. The normalized spacial score (nSPS) is 12.7. The van der Waals surface area contributed by atoms with Crippen LogP contribution in [0.1, 0.15) is 367 Å². The predicted octanol–water partition coefficient (Wildman–Crippen LogP) is 21.0. The minimum Gasteiger partial charge on any atom is -0.466 e. The smallest absolute Gasteiger partial charge is 0.305 e. The lowest BCUT2D eigenvalue weighted by atomic mass is 10.0. The summed E-state index contributed by atoms with van der Waals surface area (Å²) in [4.78, 5) is 24.6. The van der Waals surface area contributed by atoms with Gasteiger partial charge < -0.3 is 20.3 Å². The van der Waals surface area contributed by atoms with Gasteiger partial charge in [-0.05, 0) is 57.8 Å². The second-order valence-corrected chi connectivity index (χ2v) is 22.8. The van der Waals surface area contributed by atoms with E-state index in [4.69, 9.17) is 4.74 Å². The van der Waals surface area contributed by atoms with Gasteiger partial charge in [-0.2, -0.15) is 0 Å². The molecule has 1 amide bonds. The Kier molecular flexibility index (Phi) is 61.4. The van der Waals surface area contributed by atoms with Crippen molar-refractivity contribution < 1.29 is 24.5 Å². The lowest BCUT2D eigenvalue weighted by Crippen LogP contribution is -2.45. The molecule has 432 valence electrons. The maximum atomic E-state index is 12.5. The van der Waals surface area contributed by atoms with Crippen molar-refractivity contribution in [1.29, 1.82) is 0 Å². The van der Waals surface area contributed by atoms with E-state index in [0.717, 1.165) is 44.9 Å². The zero-order valence-corrected chi connectivity index (χ0v) is 49.4. The summed E-state index contributed by atoms with van der Waals surface area (Å²) < 4.78 is 5.48. The van der Waals surface area contributed by atoms with Gasteiger partial charge in [-0.15, -0.1) is 0 Å². The standard InChI is InChI=1S/C67H129NO5/c1-3-5-7-9-11-13-15-17-18-19-20-26-29-32-36-39-43-47-51-55-59-65(70)64(63-69)68-66(71)60-56-52-48-44-40-37-33-30-27-24-22-21-23-25-28-31-34-38-42-46-50-54-58-62-73-67(72)61-57-53-49-45-41-35-16-14-12-10-8-6-4-2/h21,23-24,27,64-65,69-70H,3-20,22,25-26,28-63H2,1-2H3,(H,68,71)/b23-21-,27-24-. The molecule has 3 N–H and O–H groups in total. The van der Waals surface area contributed by atoms with Crippen molar-refractivity contribution in [3.05, 3.63) is 24.3 Å². The highest BCUT2D eigenvalue weighted by Gasteiger charge is 2.20. The number of aliphatic hydroxyl groups excluding tert-OH is 2. The zero-order valence-electron chi connectivity index (χ0n) is 49.4. The molecular weight excluding hydrogens is 899 g/mol. The first kappa shape index (κ1) is 71.3. The van der Waals surface area contributed by atoms with Crippen molar-refractivity contribution in [3.63, 3.8) is 0 Å². The number of hydrogen-bond donors (Lipinski definition) is 3. The van der Waals surface area contributed by atoms with Crippen LogP contribution < -0.4 is 5.32 Å². The summed E-state index contributed by atoms with van der Waals surface area (Å²) in [6.07, 6.45) is 77.7. The van der Waals surface area contributed by atoms with Crippen LogP contribution in [0.3, 0.4) is 0 Å². The Hall–Kier alpha value is -1.66. The van der Waals surface area contributed by atoms with E-state index in [1.807, 2.05) is 0 Å². The summed E-state index contributed by atoms with van der Waals surface area (Å²) in [5.74, 6) is -0.0326. The first-order chi connectivity index (χ1) is 36.0. The van der Waals surface area contributed by atoms with Gasteiger partial charge in [-0.3, -0.25) is 9.59 Å². The van der Waals surface area contributed by atoms with Crippen LogP contribution in [0.15, 0.2) is 24.3 Å². The Labute approximate surface area is 456 Å². The van der Waals surface area contributed by atoms with Crippen molar-refractivity contribution in [2.45, 2.75) is 379 Å². The van der Waals surface area contributed by atoms with Gasteiger partial charge in [0.1, 0.15) is 0 Å². The van der Waals surface area contributed by atoms with E-state index < -0.39 is 12.1 Å². The van der Waals surface area contributed by atoms with Crippen molar-refractivity contribution in [3.8, 4) is 0 Å². The van der Waals surface area contributed by atoms with Gasteiger partial charge in [-0.1, -0.05) is 321 Å². The summed E-state index contributed by atoms with van der Waals surface area (Å²) in [6, 6.07) is -0.550. The van der Waals surface area contributed by atoms with E-state index in [1.54, 1.807) is 0 Å². The molecule has 2 unspecified atom stereocenters. The quantitative estimate of drug-likeness (QED) is 0.0320. The van der Waals surface area contributed by atoms with Gasteiger partial charge in [0.15, 0.2) is 0 Å². The molecule has 0 aromatic rings. The maximum absolute atomic E-state index is 12.5. The summed E-state index contributed by atoms with van der Waals surface area (Å²) in [7, 11) is 0. The minimum absolute atomic E-state index is 0.00925. The average Bonchev–Trinajstić information content (AvgIpc) is 3.39. The Morgan fingerprint density at radius 1 is 0.384 bits per heavy atom. The number of aliphatic hydroxyl groups is 2. The van der Waals surface area contributed by atoms with E-state index >= 15 is 0 Å². The molecule has 0 radical (unpaired) electrons. The first-order valence-corrected chi connectivity index (χ1v) is 33.1. The number of unbranched alkanes of at least 4 members (excludes halogenated alkanes) is 47. The lowest BCUT2D eigenvalue weighted by Gasteiger charge is -2.22. The van der Waals surface area contributed by atoms with Crippen LogP contribution in [0.2, 0.25) is 0 Å². The molecule has 0 spiro atoms. The highest BCUT2D eigenvalue weighted by atomic mass is 16.5. The second kappa shape index (κ2) is 62.9. The third kappa shape index (κ3) is 59.4. The molecule has 0 aliphatic rings. The van der Waals surface area contributed by atoms with Crippen LogP contribution >= 0.6 is 0 Å². The molecule has 0 bridgehead atoms. The largest absolute Gasteiger partial charge is 0.466 e. The second-order valence-electron chi connectivity index (χ2n) is 22.8. The minimum atomic E-state index is -0.672. The number of amides is 1. The maximum Gasteiger partial charge on any atom is 0.305 e. The number of esters is 1. The van der Waals surface area contributed by atoms with Crippen LogP contribution in [0.4, 0.5) is 0 Å². The summed E-state index contributed by atoms with van der Waals surface area (Å²) in [6.45, 7) is 4.97. The van der Waals surface area contributed by atoms with Gasteiger partial charge in [0.2, 0.25) is 5.91 Å². The van der Waals surface area contributed by atoms with E-state index in [2.05, 4.69) is 43.5 Å². The average molecular weight is 1030 g/mol. The van der Waals surface area contributed by atoms with Crippen LogP contribution in [-0.2, 0) is 14.3 Å². The molecule has 0 aromatic heterocycles. The molecule has 0 rings (SSSR count). The highest BCUT2D eigenvalue weighted by molar-refractivity contribution is 5.76. The molecule has 6 heteroatoms. The third-order valence-corrected chi connectivity index (χ3v) is 15.5. The Morgan fingerprint density at radius 3 is 1.04 bits per heavy atom. The summed E-state index contributed by atoms with van der Waals surface area (Å²) >= 11 is 0. The fourth-order valence-corrected chi connectivity index (χ4v) is 10.4. The van der Waals surface area contributed by atoms with Crippen molar-refractivity contribution in [1.82, 2.24) is 5.32 Å². The fourth-order valence-electron chi connectivity index (χ4n) is 10.4. The van der Waals surface area contributed by atoms with E-state index in [-0.39, 0.29) is 18.5 Å². The molecule has 0 fully saturated rings. The first-order valence-electron chi connectivity index (χ1n) is 33.1. The Morgan fingerprint density at radius 2 is 0.685 bits per heavy atom. The fraction of sp³-hybridized carbons (Fsp3) is 0.910. The Balaban J connectivity index is 3.44. The summed E-state index contributed by atoms with van der Waals surface area (Å²) in [5, 5.41) is 23.4. The number of rotatable bonds is 62. The molecule has 0 aliphatic carbocycles. The Bertz CT molecular complexity index is 1140. The number of ether oxygens (including phenoxy) is 1. The summed E-state index contributed by atoms with van der Waals surface area (Å²) in [5.41, 5.74) is 0. The van der Waals surface area contributed by atoms with E-state index in [9.17, 15) is 19.8 Å². The number of hydrogen-bond acceptors (Lipinski definition) is 5. The van der Waals surface area contributed by atoms with Crippen molar-refractivity contribution >= 4 is 11.9 Å². The van der Waals surface area contributed by atoms with Gasteiger partial charge in [0.05, 0.1) is 25.4 Å². The van der Waals surface area contributed by atoms with Gasteiger partial charge in [-0.25, -0.2) is 0 Å². The molecule has 73 heavy (non-hydrogen) atoms. The molecular formula is C67H129NO5. The van der Waals surface area contributed by atoms with Crippen molar-refractivity contribution in [2.75, 3.05) is 13.2 Å². The third-order valence-electron chi connectivity index (χ3n) is 15.5. The molecule has 0 aromatic carbocycles. The van der Waals surface area contributed by atoms with Crippen LogP contribution in [-0.4, -0.2) is 47.4 Å². The topological polar surface area (TPSA) is 95.9 Å². The number of carbonyl (C=O) groups is 2. The zero-order chi connectivity index (χ0) is 52.9. The number of carbonyl (C=O) groups excluding carboxylic acids is 2. The molecule has 0 aliphatic heterocycles.